The Morgan fingerprint density at radius 1 is 1.48 bits per heavy atom. The third kappa shape index (κ3) is 2.89. The highest BCUT2D eigenvalue weighted by molar-refractivity contribution is 5.86. The van der Waals surface area contributed by atoms with Crippen LogP contribution in [0.3, 0.4) is 0 Å². The van der Waals surface area contributed by atoms with E-state index in [2.05, 4.69) is 26.5 Å². The van der Waals surface area contributed by atoms with Crippen molar-refractivity contribution in [1.29, 1.82) is 0 Å². The lowest BCUT2D eigenvalue weighted by molar-refractivity contribution is -0.151. The summed E-state index contributed by atoms with van der Waals surface area (Å²) in [4.78, 5) is 22.4. The fraction of sp³-hybridized carbons (Fsp3) is 0.647. The number of fused-ring (bicyclic) bond motifs is 1. The van der Waals surface area contributed by atoms with Crippen molar-refractivity contribution >= 4 is 11.9 Å². The molecule has 21 heavy (non-hydrogen) atoms. The van der Waals surface area contributed by atoms with Crippen LogP contribution in [-0.2, 0) is 14.3 Å². The van der Waals surface area contributed by atoms with Gasteiger partial charge >= 0.3 is 11.9 Å². The zero-order valence-electron chi connectivity index (χ0n) is 13.0. The van der Waals surface area contributed by atoms with Gasteiger partial charge in [0.1, 0.15) is 6.10 Å². The smallest absolute Gasteiger partial charge is 0.331 e. The van der Waals surface area contributed by atoms with Crippen molar-refractivity contribution in [3.8, 4) is 0 Å². The largest absolute Gasteiger partial charge is 0.478 e. The summed E-state index contributed by atoms with van der Waals surface area (Å²) >= 11 is 0. The molecular weight excluding hydrogens is 268 g/mol. The minimum atomic E-state index is -0.906. The first kappa shape index (κ1) is 15.8. The Hall–Kier alpha value is -1.58. The fourth-order valence-corrected chi connectivity index (χ4v) is 3.88. The average molecular weight is 292 g/mol. The molecule has 2 rings (SSSR count). The highest BCUT2D eigenvalue weighted by Crippen LogP contribution is 2.53. The molecule has 0 aromatic rings. The van der Waals surface area contributed by atoms with Crippen molar-refractivity contribution in [2.24, 2.45) is 17.3 Å². The monoisotopic (exact) mass is 292 g/mol. The van der Waals surface area contributed by atoms with E-state index >= 15 is 0 Å². The molecule has 0 aromatic carbocycles. The maximum Gasteiger partial charge on any atom is 0.331 e. The Morgan fingerprint density at radius 2 is 2.14 bits per heavy atom. The molecule has 0 aromatic heterocycles. The third-order valence-electron chi connectivity index (χ3n) is 5.41. The molecule has 0 heterocycles. The van der Waals surface area contributed by atoms with Crippen LogP contribution in [0.5, 0.6) is 0 Å². The summed E-state index contributed by atoms with van der Waals surface area (Å²) in [6.07, 6.45) is 5.35. The number of ether oxygens (including phenoxy) is 1. The molecule has 116 valence electrons. The number of rotatable bonds is 3. The van der Waals surface area contributed by atoms with Gasteiger partial charge in [-0.05, 0) is 30.6 Å². The number of carbonyl (C=O) groups is 2. The molecular formula is C17H24O4. The second-order valence-electron chi connectivity index (χ2n) is 6.59. The molecule has 1 N–H and O–H groups in total. The Balaban J connectivity index is 2.22. The van der Waals surface area contributed by atoms with E-state index in [1.165, 1.54) is 12.5 Å². The van der Waals surface area contributed by atoms with E-state index in [4.69, 9.17) is 9.84 Å². The van der Waals surface area contributed by atoms with Crippen LogP contribution in [0.1, 0.15) is 46.5 Å². The van der Waals surface area contributed by atoms with Crippen LogP contribution in [-0.4, -0.2) is 23.1 Å². The number of aliphatic carboxylic acids is 1. The fourth-order valence-electron chi connectivity index (χ4n) is 3.88. The van der Waals surface area contributed by atoms with E-state index < -0.39 is 5.97 Å². The maximum atomic E-state index is 11.2. The quantitative estimate of drug-likeness (QED) is 0.492. The average Bonchev–Trinajstić information content (AvgIpc) is 2.41. The highest BCUT2D eigenvalue weighted by atomic mass is 16.5. The lowest BCUT2D eigenvalue weighted by atomic mass is 9.57. The van der Waals surface area contributed by atoms with Crippen molar-refractivity contribution in [3.05, 3.63) is 23.8 Å². The van der Waals surface area contributed by atoms with E-state index in [0.717, 1.165) is 25.7 Å². The molecule has 0 amide bonds. The topological polar surface area (TPSA) is 63.6 Å². The van der Waals surface area contributed by atoms with Crippen molar-refractivity contribution in [1.82, 2.24) is 0 Å². The first-order valence-corrected chi connectivity index (χ1v) is 7.54. The summed E-state index contributed by atoms with van der Waals surface area (Å²) in [5.41, 5.74) is 1.57. The van der Waals surface area contributed by atoms with Crippen LogP contribution >= 0.6 is 0 Å². The van der Waals surface area contributed by atoms with Crippen LogP contribution in [0.15, 0.2) is 23.8 Å². The second-order valence-corrected chi connectivity index (χ2v) is 6.59. The molecule has 4 atom stereocenters. The molecule has 0 spiro atoms. The Morgan fingerprint density at radius 3 is 2.71 bits per heavy atom. The van der Waals surface area contributed by atoms with Gasteiger partial charge in [0.15, 0.2) is 0 Å². The van der Waals surface area contributed by atoms with Gasteiger partial charge < -0.3 is 9.84 Å². The summed E-state index contributed by atoms with van der Waals surface area (Å²) in [5.74, 6) is -0.973. The lowest BCUT2D eigenvalue weighted by Crippen LogP contribution is -2.44. The van der Waals surface area contributed by atoms with Gasteiger partial charge in [-0.2, -0.15) is 0 Å². The van der Waals surface area contributed by atoms with Crippen molar-refractivity contribution in [2.75, 3.05) is 0 Å². The van der Waals surface area contributed by atoms with Crippen LogP contribution in [0.4, 0.5) is 0 Å². The molecule has 0 radical (unpaired) electrons. The zero-order chi connectivity index (χ0) is 15.8. The van der Waals surface area contributed by atoms with Crippen LogP contribution in [0.25, 0.3) is 0 Å². The van der Waals surface area contributed by atoms with Crippen LogP contribution < -0.4 is 0 Å². The maximum absolute atomic E-state index is 11.2. The van der Waals surface area contributed by atoms with Gasteiger partial charge in [0.2, 0.25) is 0 Å². The predicted octanol–water partition coefficient (Wildman–Crippen LogP) is 3.33. The van der Waals surface area contributed by atoms with E-state index in [0.29, 0.717) is 5.57 Å². The van der Waals surface area contributed by atoms with Crippen molar-refractivity contribution in [3.63, 3.8) is 0 Å². The van der Waals surface area contributed by atoms with E-state index in [1.807, 2.05) is 0 Å². The summed E-state index contributed by atoms with van der Waals surface area (Å²) in [5, 5.41) is 9.17. The minimum Gasteiger partial charge on any atom is -0.478 e. The first-order chi connectivity index (χ1) is 9.75. The molecule has 4 nitrogen and oxygen atoms in total. The van der Waals surface area contributed by atoms with E-state index in [-0.39, 0.29) is 29.3 Å². The van der Waals surface area contributed by atoms with Crippen LogP contribution in [0, 0.1) is 17.3 Å². The molecule has 0 bridgehead atoms. The van der Waals surface area contributed by atoms with Gasteiger partial charge in [-0.3, -0.25) is 4.79 Å². The van der Waals surface area contributed by atoms with E-state index in [9.17, 15) is 9.59 Å². The number of hydrogen-bond acceptors (Lipinski definition) is 3. The predicted molar refractivity (Wildman–Crippen MR) is 79.6 cm³/mol. The van der Waals surface area contributed by atoms with Crippen molar-refractivity contribution in [2.45, 2.75) is 52.6 Å². The first-order valence-electron chi connectivity index (χ1n) is 7.54. The molecule has 1 saturated carbocycles. The highest BCUT2D eigenvalue weighted by Gasteiger charge is 2.47. The molecule has 1 fully saturated rings. The Labute approximate surface area is 125 Å². The summed E-state index contributed by atoms with van der Waals surface area (Å²) in [6.45, 7) is 9.44. The third-order valence-corrected chi connectivity index (χ3v) is 5.41. The number of carboxylic acids is 1. The number of allylic oxidation sites excluding steroid dienone is 1. The minimum absolute atomic E-state index is 0.00294. The molecule has 4 unspecified atom stereocenters. The zero-order valence-corrected chi connectivity index (χ0v) is 13.0. The molecule has 4 heteroatoms. The second kappa shape index (κ2) is 5.66. The molecule has 0 aliphatic heterocycles. The number of carboxylic acid groups (broad SMARTS) is 1. The van der Waals surface area contributed by atoms with Gasteiger partial charge in [-0.25, -0.2) is 4.79 Å². The molecule has 0 saturated heterocycles. The lowest BCUT2D eigenvalue weighted by Gasteiger charge is -2.49. The normalized spacial score (nSPS) is 35.4. The van der Waals surface area contributed by atoms with E-state index in [1.54, 1.807) is 0 Å². The van der Waals surface area contributed by atoms with Gasteiger partial charge in [0, 0.05) is 24.8 Å². The van der Waals surface area contributed by atoms with Crippen LogP contribution in [0.2, 0.25) is 0 Å². The number of esters is 1. The van der Waals surface area contributed by atoms with Gasteiger partial charge in [-0.15, -0.1) is 0 Å². The Kier molecular flexibility index (Phi) is 4.26. The number of hydrogen-bond donors (Lipinski definition) is 1. The Bertz CT molecular complexity index is 505. The molecule has 2 aliphatic rings. The molecule has 2 aliphatic carbocycles. The van der Waals surface area contributed by atoms with Gasteiger partial charge in [-0.1, -0.05) is 32.1 Å². The standard InChI is InChI=1S/C17H24O4/c1-10(16(19)20)13-5-6-14-7-8-15(21-12(3)18)11(2)17(14,4)9-13/h7,11,13,15H,1,5-6,8-9H2,2-4H3,(H,19,20). The SMILES string of the molecule is C=C(C(=O)O)C1CCC2=CCC(OC(C)=O)C(C)C2(C)C1. The summed E-state index contributed by atoms with van der Waals surface area (Å²) in [7, 11) is 0. The van der Waals surface area contributed by atoms with Crippen molar-refractivity contribution < 1.29 is 19.4 Å². The van der Waals surface area contributed by atoms with Gasteiger partial charge in [0.05, 0.1) is 0 Å². The summed E-state index contributed by atoms with van der Waals surface area (Å²) in [6, 6.07) is 0. The van der Waals surface area contributed by atoms with Gasteiger partial charge in [0.25, 0.3) is 0 Å². The summed E-state index contributed by atoms with van der Waals surface area (Å²) < 4.78 is 5.44. The number of carbonyl (C=O) groups excluding carboxylic acids is 1.